The lowest BCUT2D eigenvalue weighted by Crippen LogP contribution is -2.20. The molecular formula is C26H23N3O3S. The third-order valence-corrected chi connectivity index (χ3v) is 6.32. The van der Waals surface area contributed by atoms with Crippen LogP contribution in [0.5, 0.6) is 5.75 Å². The van der Waals surface area contributed by atoms with Gasteiger partial charge in [0.25, 0.3) is 0 Å². The first-order chi connectivity index (χ1) is 16.3. The van der Waals surface area contributed by atoms with Gasteiger partial charge < -0.3 is 14.3 Å². The standard InChI is InChI=1S/C26H23N3O3S/c30-22(17-32-23-13-12-20-9-4-5-10-21(20)15-23)18-33-26-28-27-25(24-11-6-14-31-24)29(26)16-19-7-2-1-3-8-19/h1-15,22,30H,16-18H2. The Bertz CT molecular complexity index is 1320. The molecule has 166 valence electrons. The molecule has 0 aliphatic rings. The first-order valence-electron chi connectivity index (χ1n) is 10.7. The first-order valence-corrected chi connectivity index (χ1v) is 11.7. The Kier molecular flexibility index (Phi) is 6.41. The van der Waals surface area contributed by atoms with E-state index in [4.69, 9.17) is 9.15 Å². The van der Waals surface area contributed by atoms with Crippen molar-refractivity contribution in [2.24, 2.45) is 0 Å². The van der Waals surface area contributed by atoms with Crippen LogP contribution in [0.4, 0.5) is 0 Å². The van der Waals surface area contributed by atoms with Crippen molar-refractivity contribution in [3.05, 3.63) is 96.8 Å². The quantitative estimate of drug-likeness (QED) is 0.304. The van der Waals surface area contributed by atoms with Crippen LogP contribution in [0.15, 0.2) is 101 Å². The maximum absolute atomic E-state index is 10.5. The van der Waals surface area contributed by atoms with E-state index in [1.807, 2.05) is 71.3 Å². The van der Waals surface area contributed by atoms with Crippen LogP contribution < -0.4 is 4.74 Å². The maximum Gasteiger partial charge on any atom is 0.200 e. The first kappa shape index (κ1) is 21.3. The number of ether oxygens (including phenoxy) is 1. The fourth-order valence-electron chi connectivity index (χ4n) is 3.56. The molecule has 0 aliphatic carbocycles. The van der Waals surface area contributed by atoms with Crippen molar-refractivity contribution in [3.63, 3.8) is 0 Å². The van der Waals surface area contributed by atoms with Crippen LogP contribution in [-0.4, -0.2) is 38.3 Å². The summed E-state index contributed by atoms with van der Waals surface area (Å²) < 4.78 is 13.4. The lowest BCUT2D eigenvalue weighted by molar-refractivity contribution is 0.126. The molecule has 0 radical (unpaired) electrons. The molecule has 1 unspecified atom stereocenters. The van der Waals surface area contributed by atoms with Crippen LogP contribution in [0.2, 0.25) is 0 Å². The molecule has 33 heavy (non-hydrogen) atoms. The summed E-state index contributed by atoms with van der Waals surface area (Å²) in [6, 6.07) is 27.9. The Morgan fingerprint density at radius 1 is 0.909 bits per heavy atom. The molecular weight excluding hydrogens is 434 g/mol. The molecule has 5 rings (SSSR count). The van der Waals surface area contributed by atoms with Crippen molar-refractivity contribution >= 4 is 22.5 Å². The number of rotatable bonds is 9. The van der Waals surface area contributed by atoms with Crippen LogP contribution in [0, 0.1) is 0 Å². The zero-order chi connectivity index (χ0) is 22.5. The highest BCUT2D eigenvalue weighted by Crippen LogP contribution is 2.26. The maximum atomic E-state index is 10.5. The van der Waals surface area contributed by atoms with E-state index in [-0.39, 0.29) is 6.61 Å². The Labute approximate surface area is 195 Å². The number of fused-ring (bicyclic) bond motifs is 1. The molecule has 7 heteroatoms. The van der Waals surface area contributed by atoms with Crippen molar-refractivity contribution in [1.29, 1.82) is 0 Å². The smallest absolute Gasteiger partial charge is 0.200 e. The van der Waals surface area contributed by atoms with Gasteiger partial charge in [0.2, 0.25) is 5.82 Å². The summed E-state index contributed by atoms with van der Waals surface area (Å²) in [4.78, 5) is 0. The Balaban J connectivity index is 1.25. The van der Waals surface area contributed by atoms with Gasteiger partial charge in [0.05, 0.1) is 18.9 Å². The van der Waals surface area contributed by atoms with Crippen LogP contribution >= 0.6 is 11.8 Å². The van der Waals surface area contributed by atoms with E-state index in [9.17, 15) is 5.11 Å². The fourth-order valence-corrected chi connectivity index (χ4v) is 4.40. The zero-order valence-electron chi connectivity index (χ0n) is 17.9. The number of aliphatic hydroxyl groups excluding tert-OH is 1. The van der Waals surface area contributed by atoms with E-state index in [2.05, 4.69) is 28.4 Å². The van der Waals surface area contributed by atoms with Gasteiger partial charge in [0.15, 0.2) is 10.9 Å². The molecule has 6 nitrogen and oxygen atoms in total. The van der Waals surface area contributed by atoms with Gasteiger partial charge in [0, 0.05) is 5.75 Å². The van der Waals surface area contributed by atoms with Gasteiger partial charge in [-0.05, 0) is 40.6 Å². The fraction of sp³-hybridized carbons (Fsp3) is 0.154. The molecule has 0 saturated carbocycles. The normalized spacial score (nSPS) is 12.2. The molecule has 0 amide bonds. The highest BCUT2D eigenvalue weighted by Gasteiger charge is 2.18. The Hall–Kier alpha value is -3.55. The second-order valence-corrected chi connectivity index (χ2v) is 8.63. The number of hydrogen-bond donors (Lipinski definition) is 1. The SMILES string of the molecule is OC(COc1ccc2ccccc2c1)CSc1nnc(-c2ccco2)n1Cc1ccccc1. The van der Waals surface area contributed by atoms with Crippen molar-refractivity contribution in [2.75, 3.05) is 12.4 Å². The van der Waals surface area contributed by atoms with Crippen molar-refractivity contribution in [2.45, 2.75) is 17.8 Å². The van der Waals surface area contributed by atoms with Gasteiger partial charge in [-0.25, -0.2) is 0 Å². The number of aromatic nitrogens is 3. The molecule has 0 aliphatic heterocycles. The summed E-state index contributed by atoms with van der Waals surface area (Å²) in [5, 5.41) is 22.2. The van der Waals surface area contributed by atoms with Gasteiger partial charge in [-0.2, -0.15) is 0 Å². The number of benzene rings is 3. The van der Waals surface area contributed by atoms with E-state index in [0.717, 1.165) is 27.2 Å². The number of nitrogens with zero attached hydrogens (tertiary/aromatic N) is 3. The molecule has 1 atom stereocenters. The third kappa shape index (κ3) is 5.10. The van der Waals surface area contributed by atoms with Gasteiger partial charge >= 0.3 is 0 Å². The van der Waals surface area contributed by atoms with Crippen molar-refractivity contribution < 1.29 is 14.3 Å². The Morgan fingerprint density at radius 3 is 2.55 bits per heavy atom. The van der Waals surface area contributed by atoms with E-state index in [0.29, 0.717) is 23.9 Å². The van der Waals surface area contributed by atoms with E-state index >= 15 is 0 Å². The molecule has 3 aromatic carbocycles. The molecule has 0 bridgehead atoms. The minimum Gasteiger partial charge on any atom is -0.491 e. The van der Waals surface area contributed by atoms with Crippen LogP contribution in [0.3, 0.4) is 0 Å². The summed E-state index contributed by atoms with van der Waals surface area (Å²) in [6.45, 7) is 0.805. The van der Waals surface area contributed by atoms with E-state index < -0.39 is 6.10 Å². The number of aliphatic hydroxyl groups is 1. The molecule has 0 spiro atoms. The molecule has 1 N–H and O–H groups in total. The highest BCUT2D eigenvalue weighted by atomic mass is 32.2. The van der Waals surface area contributed by atoms with Crippen LogP contribution in [-0.2, 0) is 6.54 Å². The largest absolute Gasteiger partial charge is 0.491 e. The summed E-state index contributed by atoms with van der Waals surface area (Å²) in [6.07, 6.45) is 0.966. The second kappa shape index (κ2) is 9.94. The monoisotopic (exact) mass is 457 g/mol. The highest BCUT2D eigenvalue weighted by molar-refractivity contribution is 7.99. The molecule has 5 aromatic rings. The van der Waals surface area contributed by atoms with Crippen molar-refractivity contribution in [3.8, 4) is 17.3 Å². The molecule has 2 aromatic heterocycles. The molecule has 0 saturated heterocycles. The summed E-state index contributed by atoms with van der Waals surface area (Å²) in [5.41, 5.74) is 1.13. The Morgan fingerprint density at radius 2 is 1.73 bits per heavy atom. The van der Waals surface area contributed by atoms with Crippen LogP contribution in [0.1, 0.15) is 5.56 Å². The summed E-state index contributed by atoms with van der Waals surface area (Å²) in [5.74, 6) is 2.49. The predicted octanol–water partition coefficient (Wildman–Crippen LogP) is 5.27. The average molecular weight is 458 g/mol. The third-order valence-electron chi connectivity index (χ3n) is 5.21. The van der Waals surface area contributed by atoms with E-state index in [1.54, 1.807) is 6.26 Å². The van der Waals surface area contributed by atoms with Gasteiger partial charge in [-0.1, -0.05) is 72.4 Å². The predicted molar refractivity (Wildman–Crippen MR) is 129 cm³/mol. The molecule has 2 heterocycles. The zero-order valence-corrected chi connectivity index (χ0v) is 18.7. The second-order valence-electron chi connectivity index (χ2n) is 7.64. The minimum absolute atomic E-state index is 0.198. The van der Waals surface area contributed by atoms with Gasteiger partial charge in [0.1, 0.15) is 12.4 Å². The van der Waals surface area contributed by atoms with Crippen molar-refractivity contribution in [1.82, 2.24) is 14.8 Å². The number of hydrogen-bond acceptors (Lipinski definition) is 6. The summed E-state index contributed by atoms with van der Waals surface area (Å²) >= 11 is 1.45. The number of furan rings is 1. The van der Waals surface area contributed by atoms with Crippen LogP contribution in [0.25, 0.3) is 22.4 Å². The lowest BCUT2D eigenvalue weighted by Gasteiger charge is -2.13. The lowest BCUT2D eigenvalue weighted by atomic mass is 10.1. The summed E-state index contributed by atoms with van der Waals surface area (Å²) in [7, 11) is 0. The molecule has 0 fully saturated rings. The van der Waals surface area contributed by atoms with Gasteiger partial charge in [-0.15, -0.1) is 10.2 Å². The average Bonchev–Trinajstić information content (AvgIpc) is 3.52. The van der Waals surface area contributed by atoms with Gasteiger partial charge in [-0.3, -0.25) is 4.57 Å². The number of thioether (sulfide) groups is 1. The minimum atomic E-state index is -0.657. The topological polar surface area (TPSA) is 73.3 Å². The van der Waals surface area contributed by atoms with E-state index in [1.165, 1.54) is 11.8 Å².